The number of aliphatic hydroxyl groups excluding tert-OH is 1. The van der Waals surface area contributed by atoms with Crippen LogP contribution >= 0.6 is 0 Å². The van der Waals surface area contributed by atoms with Gasteiger partial charge >= 0.3 is 0 Å². The number of halogens is 1. The number of hydrogen-bond donors (Lipinski definition) is 2. The molecule has 0 saturated heterocycles. The molecule has 2 N–H and O–H groups in total. The van der Waals surface area contributed by atoms with Crippen molar-refractivity contribution in [2.75, 3.05) is 27.4 Å². The molecule has 0 aromatic heterocycles. The Morgan fingerprint density at radius 2 is 2.20 bits per heavy atom. The maximum absolute atomic E-state index is 13.5. The lowest BCUT2D eigenvalue weighted by molar-refractivity contribution is -0.121. The average Bonchev–Trinajstić information content (AvgIpc) is 2.39. The first-order valence-electron chi connectivity index (χ1n) is 6.32. The lowest BCUT2D eigenvalue weighted by Gasteiger charge is -2.16. The molecular weight excluding hydrogens is 265 g/mol. The fourth-order valence-electron chi connectivity index (χ4n) is 1.84. The summed E-state index contributed by atoms with van der Waals surface area (Å²) < 4.78 is 23.3. The number of methoxy groups -OCH3 is 2. The van der Waals surface area contributed by atoms with E-state index in [1.165, 1.54) is 26.4 Å². The topological polar surface area (TPSA) is 67.8 Å². The minimum Gasteiger partial charge on any atom is -0.494 e. The number of carbonyl (C=O) groups excluding carboxylic acids is 1. The summed E-state index contributed by atoms with van der Waals surface area (Å²) in [6.45, 7) is 0.286. The molecule has 112 valence electrons. The highest BCUT2D eigenvalue weighted by atomic mass is 19.1. The number of carbonyl (C=O) groups is 1. The summed E-state index contributed by atoms with van der Waals surface area (Å²) in [5.74, 6) is -0.599. The van der Waals surface area contributed by atoms with Crippen LogP contribution in [0.4, 0.5) is 4.39 Å². The zero-order chi connectivity index (χ0) is 15.0. The van der Waals surface area contributed by atoms with Crippen molar-refractivity contribution < 1.29 is 23.8 Å². The summed E-state index contributed by atoms with van der Waals surface area (Å²) in [6, 6.07) is 4.15. The summed E-state index contributed by atoms with van der Waals surface area (Å²) in [6.07, 6.45) is 0.475. The molecule has 20 heavy (non-hydrogen) atoms. The first kappa shape index (κ1) is 16.4. The second-order valence-electron chi connectivity index (χ2n) is 4.38. The largest absolute Gasteiger partial charge is 0.494 e. The zero-order valence-electron chi connectivity index (χ0n) is 11.7. The Morgan fingerprint density at radius 1 is 1.45 bits per heavy atom. The summed E-state index contributed by atoms with van der Waals surface area (Å²) in [4.78, 5) is 11.8. The number of nitrogens with one attached hydrogen (secondary N) is 1. The minimum atomic E-state index is -0.499. The fourth-order valence-corrected chi connectivity index (χ4v) is 1.84. The molecule has 0 spiro atoms. The molecule has 1 amide bonds. The van der Waals surface area contributed by atoms with Crippen LogP contribution in [0.2, 0.25) is 0 Å². The van der Waals surface area contributed by atoms with Crippen molar-refractivity contribution in [3.63, 3.8) is 0 Å². The zero-order valence-corrected chi connectivity index (χ0v) is 11.7. The van der Waals surface area contributed by atoms with Crippen molar-refractivity contribution in [3.8, 4) is 5.75 Å². The van der Waals surface area contributed by atoms with Crippen LogP contribution in [0.5, 0.6) is 5.75 Å². The van der Waals surface area contributed by atoms with Crippen molar-refractivity contribution in [2.45, 2.75) is 18.9 Å². The van der Waals surface area contributed by atoms with Crippen molar-refractivity contribution in [1.82, 2.24) is 5.32 Å². The summed E-state index contributed by atoms with van der Waals surface area (Å²) >= 11 is 0. The van der Waals surface area contributed by atoms with Gasteiger partial charge in [-0.1, -0.05) is 6.07 Å². The third-order valence-electron chi connectivity index (χ3n) is 2.79. The van der Waals surface area contributed by atoms with Gasteiger partial charge in [0, 0.05) is 13.7 Å². The van der Waals surface area contributed by atoms with Crippen LogP contribution in [0.15, 0.2) is 18.2 Å². The normalized spacial score (nSPS) is 12.0. The summed E-state index contributed by atoms with van der Waals surface area (Å²) in [5, 5.41) is 11.6. The predicted octanol–water partition coefficient (Wildman–Crippen LogP) is 0.890. The number of rotatable bonds is 8. The van der Waals surface area contributed by atoms with Crippen LogP contribution in [0, 0.1) is 5.82 Å². The van der Waals surface area contributed by atoms with E-state index in [9.17, 15) is 9.18 Å². The molecule has 1 rings (SSSR count). The smallest absolute Gasteiger partial charge is 0.224 e. The molecule has 0 fully saturated rings. The monoisotopic (exact) mass is 285 g/mol. The van der Waals surface area contributed by atoms with Gasteiger partial charge in [-0.15, -0.1) is 0 Å². The first-order valence-corrected chi connectivity index (χ1v) is 6.32. The Balaban J connectivity index is 2.58. The average molecular weight is 285 g/mol. The summed E-state index contributed by atoms with van der Waals surface area (Å²) in [5.41, 5.74) is 0.556. The van der Waals surface area contributed by atoms with Crippen molar-refractivity contribution in [2.24, 2.45) is 0 Å². The van der Waals surface area contributed by atoms with E-state index in [-0.39, 0.29) is 30.7 Å². The SMILES string of the molecule is COCC(CCO)NC(=O)Cc1ccc(OC)c(F)c1. The van der Waals surface area contributed by atoms with Crippen LogP contribution in [0.25, 0.3) is 0 Å². The highest BCUT2D eigenvalue weighted by Gasteiger charge is 2.13. The van der Waals surface area contributed by atoms with Crippen molar-refractivity contribution in [1.29, 1.82) is 0 Å². The standard InChI is InChI=1S/C14H20FNO4/c1-19-9-11(5-6-17)16-14(18)8-10-3-4-13(20-2)12(15)7-10/h3-4,7,11,17H,5-6,8-9H2,1-2H3,(H,16,18). The Kier molecular flexibility index (Phi) is 6.97. The van der Waals surface area contributed by atoms with Gasteiger partial charge in [0.05, 0.1) is 26.2 Å². The van der Waals surface area contributed by atoms with E-state index in [1.54, 1.807) is 6.07 Å². The Bertz CT molecular complexity index is 433. The molecule has 1 aromatic carbocycles. The van der Waals surface area contributed by atoms with E-state index in [0.29, 0.717) is 18.6 Å². The van der Waals surface area contributed by atoms with Gasteiger partial charge in [0.25, 0.3) is 0 Å². The second-order valence-corrected chi connectivity index (χ2v) is 4.38. The second kappa shape index (κ2) is 8.50. The van der Waals surface area contributed by atoms with E-state index in [2.05, 4.69) is 5.32 Å². The molecule has 1 atom stereocenters. The number of benzene rings is 1. The molecule has 0 saturated carbocycles. The summed E-state index contributed by atoms with van der Waals surface area (Å²) in [7, 11) is 2.91. The predicted molar refractivity (Wildman–Crippen MR) is 72.2 cm³/mol. The van der Waals surface area contributed by atoms with Gasteiger partial charge in [0.1, 0.15) is 0 Å². The minimum absolute atomic E-state index is 0.0362. The lowest BCUT2D eigenvalue weighted by Crippen LogP contribution is -2.39. The number of amides is 1. The molecule has 0 aliphatic rings. The molecule has 0 radical (unpaired) electrons. The fraction of sp³-hybridized carbons (Fsp3) is 0.500. The van der Waals surface area contributed by atoms with Crippen molar-refractivity contribution >= 4 is 5.91 Å². The molecule has 5 nitrogen and oxygen atoms in total. The molecule has 1 aromatic rings. The van der Waals surface area contributed by atoms with Gasteiger partial charge in [0.15, 0.2) is 11.6 Å². The van der Waals surface area contributed by atoms with Gasteiger partial charge < -0.3 is 19.9 Å². The van der Waals surface area contributed by atoms with E-state index in [4.69, 9.17) is 14.6 Å². The number of ether oxygens (including phenoxy) is 2. The van der Waals surface area contributed by atoms with E-state index in [1.807, 2.05) is 0 Å². The van der Waals surface area contributed by atoms with Crippen LogP contribution in [0.1, 0.15) is 12.0 Å². The van der Waals surface area contributed by atoms with Gasteiger partial charge in [-0.25, -0.2) is 4.39 Å². The van der Waals surface area contributed by atoms with Gasteiger partial charge in [-0.3, -0.25) is 4.79 Å². The third kappa shape index (κ3) is 5.14. The van der Waals surface area contributed by atoms with Crippen LogP contribution in [0.3, 0.4) is 0 Å². The van der Waals surface area contributed by atoms with Crippen LogP contribution < -0.4 is 10.1 Å². The molecule has 0 heterocycles. The van der Waals surface area contributed by atoms with Crippen LogP contribution in [-0.2, 0) is 16.0 Å². The van der Waals surface area contributed by atoms with E-state index in [0.717, 1.165) is 0 Å². The van der Waals surface area contributed by atoms with Crippen molar-refractivity contribution in [3.05, 3.63) is 29.6 Å². The molecule has 0 aliphatic carbocycles. The molecule has 6 heteroatoms. The first-order chi connectivity index (χ1) is 9.60. The van der Waals surface area contributed by atoms with Gasteiger partial charge in [0.2, 0.25) is 5.91 Å². The molecule has 0 aliphatic heterocycles. The van der Waals surface area contributed by atoms with E-state index >= 15 is 0 Å². The quantitative estimate of drug-likeness (QED) is 0.744. The van der Waals surface area contributed by atoms with E-state index < -0.39 is 5.82 Å². The maximum atomic E-state index is 13.5. The highest BCUT2D eigenvalue weighted by molar-refractivity contribution is 5.78. The lowest BCUT2D eigenvalue weighted by atomic mass is 10.1. The van der Waals surface area contributed by atoms with Gasteiger partial charge in [-0.05, 0) is 24.1 Å². The van der Waals surface area contributed by atoms with Crippen LogP contribution in [-0.4, -0.2) is 44.5 Å². The Hall–Kier alpha value is -1.66. The molecular formula is C14H20FNO4. The Morgan fingerprint density at radius 3 is 2.75 bits per heavy atom. The number of aliphatic hydroxyl groups is 1. The van der Waals surface area contributed by atoms with Gasteiger partial charge in [-0.2, -0.15) is 0 Å². The number of hydrogen-bond acceptors (Lipinski definition) is 4. The third-order valence-corrected chi connectivity index (χ3v) is 2.79. The molecule has 0 bridgehead atoms. The molecule has 1 unspecified atom stereocenters. The maximum Gasteiger partial charge on any atom is 0.224 e. The Labute approximate surface area is 117 Å². The highest BCUT2D eigenvalue weighted by Crippen LogP contribution is 2.17.